The third-order valence-corrected chi connectivity index (χ3v) is 2.63. The Morgan fingerprint density at radius 1 is 1.06 bits per heavy atom. The Morgan fingerprint density at radius 2 is 1.78 bits per heavy atom. The van der Waals surface area contributed by atoms with Crippen LogP contribution in [0.1, 0.15) is 12.5 Å². The Bertz CT molecular complexity index is 538. The zero-order valence-corrected chi connectivity index (χ0v) is 10.6. The lowest BCUT2D eigenvalue weighted by atomic mass is 10.2. The minimum atomic E-state index is 0.635. The molecule has 0 aromatic heterocycles. The summed E-state index contributed by atoms with van der Waals surface area (Å²) in [6.07, 6.45) is 0. The van der Waals surface area contributed by atoms with E-state index >= 15 is 0 Å². The van der Waals surface area contributed by atoms with Crippen LogP contribution in [0.15, 0.2) is 42.5 Å². The first-order chi connectivity index (χ1) is 8.70. The number of anilines is 1. The van der Waals surface area contributed by atoms with Crippen molar-refractivity contribution < 1.29 is 9.47 Å². The van der Waals surface area contributed by atoms with Crippen LogP contribution < -0.4 is 15.2 Å². The van der Waals surface area contributed by atoms with Crippen molar-refractivity contribution in [1.29, 1.82) is 0 Å². The summed E-state index contributed by atoms with van der Waals surface area (Å²) in [6, 6.07) is 13.3. The molecule has 0 radical (unpaired) electrons. The van der Waals surface area contributed by atoms with Crippen LogP contribution >= 0.6 is 0 Å². The maximum atomic E-state index is 5.97. The minimum absolute atomic E-state index is 0.635. The van der Waals surface area contributed by atoms with Crippen molar-refractivity contribution in [1.82, 2.24) is 0 Å². The first-order valence-corrected chi connectivity index (χ1v) is 5.96. The Morgan fingerprint density at radius 3 is 2.56 bits per heavy atom. The van der Waals surface area contributed by atoms with Crippen LogP contribution in [-0.4, -0.2) is 6.61 Å². The molecule has 0 saturated heterocycles. The van der Waals surface area contributed by atoms with Crippen LogP contribution in [0.3, 0.4) is 0 Å². The summed E-state index contributed by atoms with van der Waals surface area (Å²) >= 11 is 0. The van der Waals surface area contributed by atoms with E-state index in [0.717, 1.165) is 17.1 Å². The largest absolute Gasteiger partial charge is 0.494 e. The van der Waals surface area contributed by atoms with Crippen LogP contribution in [0, 0.1) is 6.92 Å². The van der Waals surface area contributed by atoms with Crippen molar-refractivity contribution >= 4 is 5.69 Å². The average Bonchev–Trinajstić information content (AvgIpc) is 2.36. The maximum absolute atomic E-state index is 5.97. The van der Waals surface area contributed by atoms with Crippen molar-refractivity contribution in [2.75, 3.05) is 12.3 Å². The molecule has 0 amide bonds. The second-order valence-electron chi connectivity index (χ2n) is 4.00. The molecule has 0 atom stereocenters. The van der Waals surface area contributed by atoms with Gasteiger partial charge in [0.25, 0.3) is 0 Å². The first-order valence-electron chi connectivity index (χ1n) is 5.96. The van der Waals surface area contributed by atoms with Gasteiger partial charge in [-0.05, 0) is 37.6 Å². The summed E-state index contributed by atoms with van der Waals surface area (Å²) in [7, 11) is 0. The van der Waals surface area contributed by atoms with E-state index in [4.69, 9.17) is 15.2 Å². The van der Waals surface area contributed by atoms with E-state index in [-0.39, 0.29) is 0 Å². The van der Waals surface area contributed by atoms with Crippen molar-refractivity contribution in [2.24, 2.45) is 0 Å². The van der Waals surface area contributed by atoms with Gasteiger partial charge in [-0.15, -0.1) is 0 Å². The highest BCUT2D eigenvalue weighted by atomic mass is 16.5. The number of hydrogen-bond acceptors (Lipinski definition) is 3. The Balaban J connectivity index is 2.23. The number of nitrogens with two attached hydrogens (primary N) is 1. The summed E-state index contributed by atoms with van der Waals surface area (Å²) < 4.78 is 11.2. The molecule has 0 unspecified atom stereocenters. The van der Waals surface area contributed by atoms with E-state index in [9.17, 15) is 0 Å². The minimum Gasteiger partial charge on any atom is -0.494 e. The van der Waals surface area contributed by atoms with E-state index in [1.54, 1.807) is 0 Å². The van der Waals surface area contributed by atoms with Crippen LogP contribution in [-0.2, 0) is 0 Å². The third kappa shape index (κ3) is 2.74. The highest BCUT2D eigenvalue weighted by Crippen LogP contribution is 2.31. The smallest absolute Gasteiger partial charge is 0.150 e. The number of nitrogen functional groups attached to an aromatic ring is 1. The molecule has 0 bridgehead atoms. The molecule has 0 saturated carbocycles. The SMILES string of the molecule is CCOc1cccc(Oc2cccc(C)c2N)c1. The van der Waals surface area contributed by atoms with Gasteiger partial charge < -0.3 is 15.2 Å². The molecule has 3 heteroatoms. The second-order valence-corrected chi connectivity index (χ2v) is 4.00. The summed E-state index contributed by atoms with van der Waals surface area (Å²) in [4.78, 5) is 0. The first kappa shape index (κ1) is 12.3. The quantitative estimate of drug-likeness (QED) is 0.831. The zero-order valence-electron chi connectivity index (χ0n) is 10.6. The van der Waals surface area contributed by atoms with Gasteiger partial charge in [-0.25, -0.2) is 0 Å². The number of para-hydroxylation sites is 1. The van der Waals surface area contributed by atoms with Gasteiger partial charge in [0.1, 0.15) is 11.5 Å². The lowest BCUT2D eigenvalue weighted by Crippen LogP contribution is -1.95. The fourth-order valence-electron chi connectivity index (χ4n) is 1.66. The average molecular weight is 243 g/mol. The fraction of sp³-hybridized carbons (Fsp3) is 0.200. The molecular formula is C15H17NO2. The highest BCUT2D eigenvalue weighted by molar-refractivity contribution is 5.59. The topological polar surface area (TPSA) is 44.5 Å². The number of aryl methyl sites for hydroxylation is 1. The number of rotatable bonds is 4. The molecule has 0 aliphatic heterocycles. The lowest BCUT2D eigenvalue weighted by Gasteiger charge is -2.11. The normalized spacial score (nSPS) is 10.1. The second kappa shape index (κ2) is 5.45. The predicted octanol–water partition coefficient (Wildman–Crippen LogP) is 3.77. The zero-order chi connectivity index (χ0) is 13.0. The molecule has 2 aromatic carbocycles. The molecule has 3 nitrogen and oxygen atoms in total. The van der Waals surface area contributed by atoms with Crippen LogP contribution in [0.2, 0.25) is 0 Å². The molecule has 0 fully saturated rings. The van der Waals surface area contributed by atoms with E-state index < -0.39 is 0 Å². The van der Waals surface area contributed by atoms with E-state index in [1.165, 1.54) is 0 Å². The van der Waals surface area contributed by atoms with Crippen LogP contribution in [0.4, 0.5) is 5.69 Å². The van der Waals surface area contributed by atoms with Crippen molar-refractivity contribution in [3.05, 3.63) is 48.0 Å². The van der Waals surface area contributed by atoms with Gasteiger partial charge in [-0.1, -0.05) is 18.2 Å². The van der Waals surface area contributed by atoms with Gasteiger partial charge in [0.05, 0.1) is 12.3 Å². The fourth-order valence-corrected chi connectivity index (χ4v) is 1.66. The number of hydrogen-bond donors (Lipinski definition) is 1. The van der Waals surface area contributed by atoms with Crippen LogP contribution in [0.25, 0.3) is 0 Å². The van der Waals surface area contributed by atoms with Gasteiger partial charge in [0, 0.05) is 6.07 Å². The van der Waals surface area contributed by atoms with E-state index in [0.29, 0.717) is 18.0 Å². The molecule has 0 aliphatic carbocycles. The number of benzene rings is 2. The summed E-state index contributed by atoms with van der Waals surface area (Å²) in [5.74, 6) is 2.18. The highest BCUT2D eigenvalue weighted by Gasteiger charge is 2.04. The molecule has 0 spiro atoms. The standard InChI is InChI=1S/C15H17NO2/c1-3-17-12-7-5-8-13(10-12)18-14-9-4-6-11(2)15(14)16/h4-10H,3,16H2,1-2H3. The van der Waals surface area contributed by atoms with Gasteiger partial charge in [0.15, 0.2) is 5.75 Å². The third-order valence-electron chi connectivity index (χ3n) is 2.63. The molecule has 0 aliphatic rings. The van der Waals surface area contributed by atoms with Crippen molar-refractivity contribution in [3.8, 4) is 17.2 Å². The van der Waals surface area contributed by atoms with Gasteiger partial charge in [0.2, 0.25) is 0 Å². The Hall–Kier alpha value is -2.16. The summed E-state index contributed by atoms with van der Waals surface area (Å²) in [5.41, 5.74) is 7.64. The van der Waals surface area contributed by atoms with Crippen LogP contribution in [0.5, 0.6) is 17.2 Å². The predicted molar refractivity (Wildman–Crippen MR) is 73.3 cm³/mol. The van der Waals surface area contributed by atoms with E-state index in [1.807, 2.05) is 56.3 Å². The molecule has 94 valence electrons. The van der Waals surface area contributed by atoms with Gasteiger partial charge in [-0.3, -0.25) is 0 Å². The molecular weight excluding hydrogens is 226 g/mol. The van der Waals surface area contributed by atoms with Gasteiger partial charge >= 0.3 is 0 Å². The van der Waals surface area contributed by atoms with Gasteiger partial charge in [-0.2, -0.15) is 0 Å². The Labute approximate surface area is 107 Å². The molecule has 2 aromatic rings. The lowest BCUT2D eigenvalue weighted by molar-refractivity contribution is 0.338. The Kier molecular flexibility index (Phi) is 3.72. The van der Waals surface area contributed by atoms with E-state index in [2.05, 4.69) is 0 Å². The maximum Gasteiger partial charge on any atom is 0.150 e. The molecule has 2 rings (SSSR count). The van der Waals surface area contributed by atoms with Crippen molar-refractivity contribution in [2.45, 2.75) is 13.8 Å². The number of ether oxygens (including phenoxy) is 2. The molecule has 2 N–H and O–H groups in total. The molecule has 18 heavy (non-hydrogen) atoms. The summed E-state index contributed by atoms with van der Waals surface area (Å²) in [5, 5.41) is 0. The molecule has 0 heterocycles. The summed E-state index contributed by atoms with van der Waals surface area (Å²) in [6.45, 7) is 4.54. The van der Waals surface area contributed by atoms with Crippen molar-refractivity contribution in [3.63, 3.8) is 0 Å². The monoisotopic (exact) mass is 243 g/mol.